The molecule has 5 aromatic carbocycles. The molecule has 0 atom stereocenters. The molecule has 0 heterocycles. The standard InChI is InChI=1S/C47H38O7/c1-4-45(48)52-30-28-37-12-8-34(9-13-37)6-7-36-18-23-41(24-19-36)42-25-20-40(21-26-42)33-54-44-27-22-39(32-43(44)47(50)51-3)17-16-35-10-14-38(15-11-35)29-31-53-46(49)5-2/h4-5,8-15,18-27,32H,1-2,28-31,33H2,3H3. The van der Waals surface area contributed by atoms with Gasteiger partial charge in [0.1, 0.15) is 17.9 Å². The third-order valence-electron chi connectivity index (χ3n) is 8.17. The minimum absolute atomic E-state index is 0.257. The fourth-order valence-corrected chi connectivity index (χ4v) is 5.16. The number of hydrogen-bond donors (Lipinski definition) is 0. The minimum atomic E-state index is -0.516. The number of rotatable bonds is 13. The number of ether oxygens (including phenoxy) is 4. The average molecular weight is 715 g/mol. The lowest BCUT2D eigenvalue weighted by molar-refractivity contribution is -0.138. The topological polar surface area (TPSA) is 88.1 Å². The van der Waals surface area contributed by atoms with Gasteiger partial charge < -0.3 is 18.9 Å². The average Bonchev–Trinajstić information content (AvgIpc) is 3.22. The van der Waals surface area contributed by atoms with Gasteiger partial charge in [0.05, 0.1) is 20.3 Å². The Hall–Kier alpha value is -7.09. The van der Waals surface area contributed by atoms with Crippen molar-refractivity contribution in [3.8, 4) is 40.6 Å². The van der Waals surface area contributed by atoms with Crippen molar-refractivity contribution in [3.63, 3.8) is 0 Å². The van der Waals surface area contributed by atoms with E-state index < -0.39 is 17.9 Å². The first kappa shape index (κ1) is 38.1. The van der Waals surface area contributed by atoms with Crippen LogP contribution in [0.1, 0.15) is 49.3 Å². The van der Waals surface area contributed by atoms with Crippen LogP contribution in [0.25, 0.3) is 11.1 Å². The Morgan fingerprint density at radius 2 is 0.963 bits per heavy atom. The van der Waals surface area contributed by atoms with E-state index in [1.807, 2.05) is 97.1 Å². The molecule has 268 valence electrons. The van der Waals surface area contributed by atoms with Crippen molar-refractivity contribution < 1.29 is 33.3 Å². The van der Waals surface area contributed by atoms with Crippen molar-refractivity contribution in [3.05, 3.63) is 185 Å². The van der Waals surface area contributed by atoms with Crippen molar-refractivity contribution in [2.75, 3.05) is 20.3 Å². The Kier molecular flexibility index (Phi) is 13.8. The largest absolute Gasteiger partial charge is 0.488 e. The summed E-state index contributed by atoms with van der Waals surface area (Å²) in [6, 6.07) is 36.8. The fraction of sp³-hybridized carbons (Fsp3) is 0.128. The van der Waals surface area contributed by atoms with Crippen LogP contribution in [0.15, 0.2) is 141 Å². The predicted octanol–water partition coefficient (Wildman–Crippen LogP) is 8.06. The van der Waals surface area contributed by atoms with E-state index in [9.17, 15) is 14.4 Å². The molecule has 0 amide bonds. The van der Waals surface area contributed by atoms with Crippen LogP contribution in [0.2, 0.25) is 0 Å². The van der Waals surface area contributed by atoms with E-state index in [0.29, 0.717) is 30.8 Å². The zero-order valence-corrected chi connectivity index (χ0v) is 29.9. The quantitative estimate of drug-likeness (QED) is 0.0528. The first-order chi connectivity index (χ1) is 26.3. The van der Waals surface area contributed by atoms with Crippen LogP contribution in [-0.4, -0.2) is 38.2 Å². The SMILES string of the molecule is C=CC(=O)OCCc1ccc(C#Cc2ccc(-c3ccc(COc4ccc(C#Cc5ccc(CCOC(=O)C=C)cc5)cc4C(=O)OC)cc3)cc2)cc1. The third-order valence-corrected chi connectivity index (χ3v) is 8.17. The summed E-state index contributed by atoms with van der Waals surface area (Å²) in [4.78, 5) is 35.1. The van der Waals surface area contributed by atoms with E-state index in [1.165, 1.54) is 7.11 Å². The number of methoxy groups -OCH3 is 1. The molecule has 0 spiro atoms. The maximum absolute atomic E-state index is 12.7. The molecule has 0 aromatic heterocycles. The van der Waals surface area contributed by atoms with Crippen molar-refractivity contribution >= 4 is 17.9 Å². The zero-order chi connectivity index (χ0) is 38.1. The molecule has 0 fully saturated rings. The molecule has 0 saturated heterocycles. The Morgan fingerprint density at radius 3 is 1.43 bits per heavy atom. The maximum atomic E-state index is 12.7. The summed E-state index contributed by atoms with van der Waals surface area (Å²) in [5, 5.41) is 0. The van der Waals surface area contributed by atoms with Gasteiger partial charge in [-0.3, -0.25) is 0 Å². The Bertz CT molecular complexity index is 2230. The molecule has 5 rings (SSSR count). The molecular formula is C47H38O7. The van der Waals surface area contributed by atoms with Gasteiger partial charge >= 0.3 is 17.9 Å². The van der Waals surface area contributed by atoms with Crippen molar-refractivity contribution in [1.82, 2.24) is 0 Å². The highest BCUT2D eigenvalue weighted by molar-refractivity contribution is 5.93. The normalized spacial score (nSPS) is 10.0. The molecule has 0 aliphatic rings. The van der Waals surface area contributed by atoms with Gasteiger partial charge in [0.2, 0.25) is 0 Å². The number of carbonyl (C=O) groups is 3. The van der Waals surface area contributed by atoms with Crippen LogP contribution < -0.4 is 4.74 Å². The lowest BCUT2D eigenvalue weighted by atomic mass is 10.0. The second kappa shape index (κ2) is 19.5. The van der Waals surface area contributed by atoms with Gasteiger partial charge in [0, 0.05) is 47.2 Å². The van der Waals surface area contributed by atoms with E-state index in [2.05, 4.69) is 36.8 Å². The summed E-state index contributed by atoms with van der Waals surface area (Å²) in [7, 11) is 1.33. The second-order valence-corrected chi connectivity index (χ2v) is 11.9. The van der Waals surface area contributed by atoms with Crippen molar-refractivity contribution in [1.29, 1.82) is 0 Å². The Morgan fingerprint density at radius 1 is 0.556 bits per heavy atom. The maximum Gasteiger partial charge on any atom is 0.341 e. The van der Waals surface area contributed by atoms with Gasteiger partial charge in [-0.15, -0.1) is 0 Å². The summed E-state index contributed by atoms with van der Waals surface area (Å²) in [6.45, 7) is 7.62. The number of benzene rings is 5. The molecule has 0 unspecified atom stereocenters. The lowest BCUT2D eigenvalue weighted by Crippen LogP contribution is -2.06. The van der Waals surface area contributed by atoms with Crippen LogP contribution >= 0.6 is 0 Å². The van der Waals surface area contributed by atoms with E-state index in [4.69, 9.17) is 18.9 Å². The molecule has 0 radical (unpaired) electrons. The van der Waals surface area contributed by atoms with Gasteiger partial charge in [-0.1, -0.05) is 97.5 Å². The smallest absolute Gasteiger partial charge is 0.341 e. The Balaban J connectivity index is 1.15. The van der Waals surface area contributed by atoms with Crippen LogP contribution in [0.5, 0.6) is 5.75 Å². The van der Waals surface area contributed by atoms with E-state index in [1.54, 1.807) is 18.2 Å². The molecule has 7 heteroatoms. The predicted molar refractivity (Wildman–Crippen MR) is 209 cm³/mol. The lowest BCUT2D eigenvalue weighted by Gasteiger charge is -2.11. The highest BCUT2D eigenvalue weighted by Crippen LogP contribution is 2.24. The van der Waals surface area contributed by atoms with Gasteiger partial charge in [0.15, 0.2) is 0 Å². The fourth-order valence-electron chi connectivity index (χ4n) is 5.16. The van der Waals surface area contributed by atoms with Crippen molar-refractivity contribution in [2.24, 2.45) is 0 Å². The van der Waals surface area contributed by atoms with E-state index >= 15 is 0 Å². The molecule has 7 nitrogen and oxygen atoms in total. The van der Waals surface area contributed by atoms with Crippen LogP contribution in [0, 0.1) is 23.7 Å². The summed E-state index contributed by atoms with van der Waals surface area (Å²) in [5.41, 5.74) is 8.65. The highest BCUT2D eigenvalue weighted by Gasteiger charge is 2.14. The zero-order valence-electron chi connectivity index (χ0n) is 29.9. The molecule has 0 bridgehead atoms. The molecule has 0 N–H and O–H groups in total. The van der Waals surface area contributed by atoms with Gasteiger partial charge in [-0.2, -0.15) is 0 Å². The number of carbonyl (C=O) groups excluding carboxylic acids is 3. The highest BCUT2D eigenvalue weighted by atomic mass is 16.5. The van der Waals surface area contributed by atoms with Crippen LogP contribution in [0.4, 0.5) is 0 Å². The van der Waals surface area contributed by atoms with E-state index in [-0.39, 0.29) is 18.8 Å². The first-order valence-electron chi connectivity index (χ1n) is 17.2. The molecule has 0 aliphatic carbocycles. The second-order valence-electron chi connectivity index (χ2n) is 11.9. The monoisotopic (exact) mass is 714 g/mol. The van der Waals surface area contributed by atoms with Crippen LogP contribution in [0.3, 0.4) is 0 Å². The minimum Gasteiger partial charge on any atom is -0.488 e. The van der Waals surface area contributed by atoms with Gasteiger partial charge in [-0.25, -0.2) is 14.4 Å². The van der Waals surface area contributed by atoms with E-state index in [0.717, 1.165) is 56.7 Å². The summed E-state index contributed by atoms with van der Waals surface area (Å²) in [6.07, 6.45) is 3.52. The summed E-state index contributed by atoms with van der Waals surface area (Å²) >= 11 is 0. The molecule has 54 heavy (non-hydrogen) atoms. The van der Waals surface area contributed by atoms with Crippen molar-refractivity contribution in [2.45, 2.75) is 19.4 Å². The van der Waals surface area contributed by atoms with Gasteiger partial charge in [0.25, 0.3) is 0 Å². The number of hydrogen-bond acceptors (Lipinski definition) is 7. The molecular weight excluding hydrogens is 677 g/mol. The van der Waals surface area contributed by atoms with Crippen LogP contribution in [-0.2, 0) is 43.2 Å². The summed E-state index contributed by atoms with van der Waals surface area (Å²) in [5.74, 6) is 11.6. The first-order valence-corrected chi connectivity index (χ1v) is 17.2. The Labute approximate surface area is 315 Å². The molecule has 0 aliphatic heterocycles. The molecule has 0 saturated carbocycles. The summed E-state index contributed by atoms with van der Waals surface area (Å²) < 4.78 is 21.2. The third kappa shape index (κ3) is 11.5. The van der Waals surface area contributed by atoms with Gasteiger partial charge in [-0.05, 0) is 82.4 Å². The number of esters is 3. The molecule has 5 aromatic rings.